The van der Waals surface area contributed by atoms with E-state index >= 15 is 0 Å². The monoisotopic (exact) mass is 1250 g/mol. The van der Waals surface area contributed by atoms with E-state index in [0.29, 0.717) is 89.4 Å². The molecule has 2 rings (SSSR count). The van der Waals surface area contributed by atoms with Gasteiger partial charge in [-0.3, -0.25) is 47.9 Å². The zero-order valence-corrected chi connectivity index (χ0v) is 53.5. The van der Waals surface area contributed by atoms with Crippen LogP contribution in [-0.4, -0.2) is 152 Å². The first-order valence-electron chi connectivity index (χ1n) is 31.8. The van der Waals surface area contributed by atoms with Crippen LogP contribution >= 0.6 is 0 Å². The molecule has 0 heterocycles. The lowest BCUT2D eigenvalue weighted by atomic mass is 9.99. The Morgan fingerprint density at radius 1 is 0.315 bits per heavy atom. The third kappa shape index (κ3) is 29.8. The Hall–Kier alpha value is -7.10. The van der Waals surface area contributed by atoms with Crippen molar-refractivity contribution in [3.63, 3.8) is 0 Å². The fourth-order valence-electron chi connectivity index (χ4n) is 9.82. The predicted octanol–water partition coefficient (Wildman–Crippen LogP) is -0.739. The highest BCUT2D eigenvalue weighted by Gasteiger charge is 2.37. The lowest BCUT2D eigenvalue weighted by molar-refractivity contribution is -0.137. The van der Waals surface area contributed by atoms with E-state index in [-0.39, 0.29) is 58.0 Å². The van der Waals surface area contributed by atoms with Gasteiger partial charge in [0.1, 0.15) is 54.4 Å². The summed E-state index contributed by atoms with van der Waals surface area (Å²) >= 11 is 0. The van der Waals surface area contributed by atoms with Crippen molar-refractivity contribution in [3.8, 4) is 0 Å². The van der Waals surface area contributed by atoms with Gasteiger partial charge >= 0.3 is 0 Å². The molecule has 26 heteroatoms. The van der Waals surface area contributed by atoms with Gasteiger partial charge in [0, 0.05) is 6.42 Å². The van der Waals surface area contributed by atoms with Crippen LogP contribution in [0.4, 0.5) is 0 Å². The molecule has 89 heavy (non-hydrogen) atoms. The maximum absolute atomic E-state index is 14.7. The number of hydrogen-bond donors (Lipinski definition) is 16. The molecule has 0 aliphatic heterocycles. The van der Waals surface area contributed by atoms with Gasteiger partial charge in [0.15, 0.2) is 0 Å². The van der Waals surface area contributed by atoms with Crippen LogP contribution in [0.5, 0.6) is 0 Å². The van der Waals surface area contributed by atoms with Crippen LogP contribution in [0, 0.1) is 17.8 Å². The average molecular weight is 1250 g/mol. The van der Waals surface area contributed by atoms with Crippen LogP contribution in [0.3, 0.4) is 0 Å². The summed E-state index contributed by atoms with van der Waals surface area (Å²) in [5.41, 5.74) is 42.3. The lowest BCUT2D eigenvalue weighted by Gasteiger charge is -2.30. The van der Waals surface area contributed by atoms with Gasteiger partial charge in [-0.05, 0) is 164 Å². The standard InChI is InChI=1S/C63H108N16O10/c1-39(2)51(61(87)71-45(54(70)80)27-13-18-32-64)77-59(85)49(31-17-22-36-68)75-63(89)53(41(5)6)79-58(84)48(30-16-21-35-67)73-60(86)50(38-43-25-11-8-12-26-43)76-56(82)46(28-14-19-33-65)74-62(88)52(40(3)4)78-57(83)47(29-15-20-34-66)72-55(81)44(69)37-42-23-9-7-10-24-42/h7-12,23-26,39-41,44-53H,13-22,27-38,64-69H2,1-6H3,(H2,70,80)(H,71,87)(H,72,81)(H,73,86)(H,74,88)(H,75,89)(H,76,82)(H,77,85)(H,78,83)(H,79,84)/t44-,45-,46-,47-,48-,49-,50-,51-,52-,53-/m0/s1. The van der Waals surface area contributed by atoms with Crippen LogP contribution in [0.1, 0.15) is 149 Å². The average Bonchev–Trinajstić information content (AvgIpc) is 2.23. The molecule has 500 valence electrons. The van der Waals surface area contributed by atoms with Crippen molar-refractivity contribution in [2.24, 2.45) is 57.9 Å². The maximum atomic E-state index is 14.7. The van der Waals surface area contributed by atoms with Crippen LogP contribution in [-0.2, 0) is 60.8 Å². The summed E-state index contributed by atoms with van der Waals surface area (Å²) in [5.74, 6) is -8.48. The topological polar surface area (TPSA) is 461 Å². The smallest absolute Gasteiger partial charge is 0.243 e. The van der Waals surface area contributed by atoms with E-state index in [1.165, 1.54) is 0 Å². The van der Waals surface area contributed by atoms with Gasteiger partial charge in [-0.2, -0.15) is 0 Å². The van der Waals surface area contributed by atoms with Crippen molar-refractivity contribution in [1.82, 2.24) is 47.9 Å². The first-order valence-corrected chi connectivity index (χ1v) is 31.8. The molecule has 0 unspecified atom stereocenters. The minimum absolute atomic E-state index is 0.0551. The number of benzene rings is 2. The van der Waals surface area contributed by atoms with E-state index < -0.39 is 137 Å². The highest BCUT2D eigenvalue weighted by Crippen LogP contribution is 2.15. The van der Waals surface area contributed by atoms with Crippen molar-refractivity contribution in [3.05, 3.63) is 71.8 Å². The molecule has 0 saturated carbocycles. The third-order valence-electron chi connectivity index (χ3n) is 15.2. The molecule has 0 bridgehead atoms. The normalized spacial score (nSPS) is 14.7. The first kappa shape index (κ1) is 78.0. The van der Waals surface area contributed by atoms with E-state index in [1.54, 1.807) is 71.9 Å². The maximum Gasteiger partial charge on any atom is 0.243 e. The summed E-state index contributed by atoms with van der Waals surface area (Å²) in [4.78, 5) is 140. The molecule has 2 aromatic rings. The minimum atomic E-state index is -1.33. The molecular formula is C63H108N16O10. The van der Waals surface area contributed by atoms with E-state index in [1.807, 2.05) is 30.3 Å². The number of carbonyl (C=O) groups excluding carboxylic acids is 10. The zero-order chi connectivity index (χ0) is 66.4. The number of nitrogens with two attached hydrogens (primary N) is 7. The minimum Gasteiger partial charge on any atom is -0.368 e. The molecule has 10 amide bonds. The Balaban J connectivity index is 2.47. The lowest BCUT2D eigenvalue weighted by Crippen LogP contribution is -2.62. The Labute approximate surface area is 526 Å². The Morgan fingerprint density at radius 3 is 0.865 bits per heavy atom. The van der Waals surface area contributed by atoms with Crippen LogP contribution in [0.15, 0.2) is 60.7 Å². The molecule has 0 aromatic heterocycles. The summed E-state index contributed by atoms with van der Waals surface area (Å²) < 4.78 is 0. The molecule has 0 fully saturated rings. The third-order valence-corrected chi connectivity index (χ3v) is 15.2. The fraction of sp³-hybridized carbons (Fsp3) is 0.651. The molecule has 0 aliphatic rings. The number of unbranched alkanes of at least 4 members (excludes halogenated alkanes) is 5. The number of carbonyl (C=O) groups is 10. The van der Waals surface area contributed by atoms with Gasteiger partial charge in [0.05, 0.1) is 6.04 Å². The largest absolute Gasteiger partial charge is 0.368 e. The Kier molecular flexibility index (Phi) is 38.2. The number of primary amides is 1. The molecular weight excluding hydrogens is 1140 g/mol. The number of hydrogen-bond acceptors (Lipinski definition) is 16. The first-order chi connectivity index (χ1) is 42.4. The zero-order valence-electron chi connectivity index (χ0n) is 53.5. The Morgan fingerprint density at radius 2 is 0.562 bits per heavy atom. The van der Waals surface area contributed by atoms with Crippen LogP contribution < -0.4 is 88.0 Å². The molecule has 2 aromatic carbocycles. The van der Waals surface area contributed by atoms with Crippen molar-refractivity contribution in [2.45, 2.75) is 211 Å². The van der Waals surface area contributed by atoms with Crippen molar-refractivity contribution >= 4 is 59.1 Å². The number of nitrogens with one attached hydrogen (secondary N) is 9. The molecule has 23 N–H and O–H groups in total. The number of amides is 10. The van der Waals surface area contributed by atoms with E-state index in [0.717, 1.165) is 5.56 Å². The molecule has 26 nitrogen and oxygen atoms in total. The van der Waals surface area contributed by atoms with Crippen LogP contribution in [0.25, 0.3) is 0 Å². The van der Waals surface area contributed by atoms with Crippen molar-refractivity contribution < 1.29 is 47.9 Å². The molecule has 10 atom stereocenters. The number of rotatable bonds is 46. The summed E-state index contributed by atoms with van der Waals surface area (Å²) in [6.07, 6.45) is 5.71. The predicted molar refractivity (Wildman–Crippen MR) is 344 cm³/mol. The van der Waals surface area contributed by atoms with Crippen LogP contribution in [0.2, 0.25) is 0 Å². The summed E-state index contributed by atoms with van der Waals surface area (Å²) in [6, 6.07) is 6.34. The quantitative estimate of drug-likeness (QED) is 0.0363. The van der Waals surface area contributed by atoms with Gasteiger partial charge < -0.3 is 88.0 Å². The fourth-order valence-corrected chi connectivity index (χ4v) is 9.82. The second kappa shape index (κ2) is 43.5. The van der Waals surface area contributed by atoms with Gasteiger partial charge in [-0.25, -0.2) is 0 Å². The summed E-state index contributed by atoms with van der Waals surface area (Å²) in [6.45, 7) is 11.8. The van der Waals surface area contributed by atoms with Crippen molar-refractivity contribution in [1.29, 1.82) is 0 Å². The molecule has 0 spiro atoms. The highest BCUT2D eigenvalue weighted by molar-refractivity contribution is 5.99. The van der Waals surface area contributed by atoms with Gasteiger partial charge in [0.2, 0.25) is 59.1 Å². The van der Waals surface area contributed by atoms with Crippen molar-refractivity contribution in [2.75, 3.05) is 32.7 Å². The molecule has 0 saturated heterocycles. The van der Waals surface area contributed by atoms with E-state index in [4.69, 9.17) is 40.1 Å². The van der Waals surface area contributed by atoms with E-state index in [2.05, 4.69) is 47.9 Å². The molecule has 0 radical (unpaired) electrons. The second-order valence-electron chi connectivity index (χ2n) is 23.9. The second-order valence-corrected chi connectivity index (χ2v) is 23.9. The van der Waals surface area contributed by atoms with E-state index in [9.17, 15) is 47.9 Å². The van der Waals surface area contributed by atoms with Gasteiger partial charge in [0.25, 0.3) is 0 Å². The Bertz CT molecular complexity index is 2470. The highest BCUT2D eigenvalue weighted by atomic mass is 16.2. The van der Waals surface area contributed by atoms with Gasteiger partial charge in [-0.15, -0.1) is 0 Å². The summed E-state index contributed by atoms with van der Waals surface area (Å²) in [5, 5.41) is 25.0. The summed E-state index contributed by atoms with van der Waals surface area (Å²) in [7, 11) is 0. The SMILES string of the molecule is CC(C)[C@H](NC(=O)[C@H](CCCCN)NC(=O)[C@@H](NC(=O)[C@H](CCCCN)NC(=O)[C@H](Cc1ccccc1)NC(=O)[C@H](CCCCN)NC(=O)[C@@H](NC(=O)[C@H](CCCCN)NC(=O)[C@@H](N)Cc1ccccc1)C(C)C)C(C)C)C(=O)N[C@@H](CCCCN)C(N)=O. The molecule has 0 aliphatic carbocycles. The van der Waals surface area contributed by atoms with Gasteiger partial charge in [-0.1, -0.05) is 102 Å².